The molecule has 108 valence electrons. The number of hydrogen-bond donors (Lipinski definition) is 2. The number of nitrogens with zero attached hydrogens (tertiary/aromatic N) is 1. The number of hydrogen-bond acceptors (Lipinski definition) is 3. The summed E-state index contributed by atoms with van der Waals surface area (Å²) in [6, 6.07) is 0. The number of nitrogens with one attached hydrogen (secondary N) is 2. The van der Waals surface area contributed by atoms with E-state index in [1.165, 1.54) is 12.2 Å². The Balaban J connectivity index is 1.73. The van der Waals surface area contributed by atoms with E-state index in [1.807, 2.05) is 7.05 Å². The lowest BCUT2D eigenvalue weighted by Crippen LogP contribution is -2.81. The van der Waals surface area contributed by atoms with E-state index in [4.69, 9.17) is 0 Å². The Hall–Kier alpha value is -0.995. The lowest BCUT2D eigenvalue weighted by atomic mass is 9.40. The molecule has 2 atom stereocenters. The van der Waals surface area contributed by atoms with Gasteiger partial charge in [0.1, 0.15) is 0 Å². The summed E-state index contributed by atoms with van der Waals surface area (Å²) in [6.07, 6.45) is 10.6. The minimum atomic E-state index is 0.559. The summed E-state index contributed by atoms with van der Waals surface area (Å²) in [4.78, 5) is 2.57. The molecule has 20 heavy (non-hydrogen) atoms. The smallest absolute Gasteiger partial charge is 0.288 e. The van der Waals surface area contributed by atoms with Gasteiger partial charge in [-0.05, 0) is 51.8 Å². The molecule has 0 amide bonds. The highest BCUT2D eigenvalue weighted by molar-refractivity contribution is 6.64. The first-order valence-electron chi connectivity index (χ1n) is 7.92. The van der Waals surface area contributed by atoms with Crippen molar-refractivity contribution in [2.24, 2.45) is 5.92 Å². The van der Waals surface area contributed by atoms with Crippen molar-refractivity contribution < 1.29 is 0 Å². The molecule has 2 heterocycles. The predicted octanol–water partition coefficient (Wildman–Crippen LogP) is 1.75. The van der Waals surface area contributed by atoms with Crippen molar-refractivity contribution in [2.75, 3.05) is 26.6 Å². The van der Waals surface area contributed by atoms with Crippen LogP contribution in [0.15, 0.2) is 35.1 Å². The van der Waals surface area contributed by atoms with E-state index in [-0.39, 0.29) is 0 Å². The molecule has 3 aliphatic rings. The van der Waals surface area contributed by atoms with Gasteiger partial charge in [-0.2, -0.15) is 0 Å². The molecule has 0 spiro atoms. The molecule has 4 heteroatoms. The fourth-order valence-corrected chi connectivity index (χ4v) is 3.53. The van der Waals surface area contributed by atoms with Crippen molar-refractivity contribution in [1.82, 2.24) is 15.4 Å². The zero-order valence-electron chi connectivity index (χ0n) is 12.9. The van der Waals surface area contributed by atoms with Crippen LogP contribution in [0, 0.1) is 5.92 Å². The quantitative estimate of drug-likeness (QED) is 0.602. The van der Waals surface area contributed by atoms with E-state index in [1.54, 1.807) is 11.1 Å². The second-order valence-electron chi connectivity index (χ2n) is 6.37. The van der Waals surface area contributed by atoms with Crippen LogP contribution in [-0.4, -0.2) is 44.2 Å². The van der Waals surface area contributed by atoms with Gasteiger partial charge >= 0.3 is 0 Å². The van der Waals surface area contributed by atoms with Crippen LogP contribution in [0.5, 0.6) is 0 Å². The van der Waals surface area contributed by atoms with E-state index >= 15 is 0 Å². The highest BCUT2D eigenvalue weighted by Crippen LogP contribution is 2.30. The highest BCUT2D eigenvalue weighted by atomic mass is 15.2. The number of allylic oxidation sites excluding steroid dienone is 4. The summed E-state index contributed by atoms with van der Waals surface area (Å²) >= 11 is 0. The Morgan fingerprint density at radius 2 is 2.35 bits per heavy atom. The van der Waals surface area contributed by atoms with Gasteiger partial charge in [-0.1, -0.05) is 30.2 Å². The highest BCUT2D eigenvalue weighted by Gasteiger charge is 2.49. The van der Waals surface area contributed by atoms with E-state index in [0.717, 1.165) is 38.6 Å². The van der Waals surface area contributed by atoms with Gasteiger partial charge in [-0.3, -0.25) is 0 Å². The lowest BCUT2D eigenvalue weighted by molar-refractivity contribution is 0.343. The van der Waals surface area contributed by atoms with Crippen LogP contribution in [0.1, 0.15) is 26.7 Å². The SMILES string of the molecule is CNCC/C1=C(\C)C/C=C(N2CC3NCB32)\C=C/C1C. The van der Waals surface area contributed by atoms with Crippen molar-refractivity contribution in [2.45, 2.75) is 32.6 Å². The molecule has 2 saturated heterocycles. The van der Waals surface area contributed by atoms with Crippen LogP contribution in [0.3, 0.4) is 0 Å². The minimum Gasteiger partial charge on any atom is -0.412 e. The average molecular weight is 271 g/mol. The molecule has 2 fully saturated rings. The summed E-state index contributed by atoms with van der Waals surface area (Å²) in [5, 5.41) is 6.75. The van der Waals surface area contributed by atoms with Crippen LogP contribution < -0.4 is 10.6 Å². The third-order valence-corrected chi connectivity index (χ3v) is 5.09. The Labute approximate surface area is 123 Å². The van der Waals surface area contributed by atoms with Crippen molar-refractivity contribution in [3.8, 4) is 0 Å². The van der Waals surface area contributed by atoms with Crippen molar-refractivity contribution in [3.05, 3.63) is 35.1 Å². The molecule has 0 aromatic carbocycles. The van der Waals surface area contributed by atoms with Gasteiger partial charge in [0.25, 0.3) is 6.85 Å². The fourth-order valence-electron chi connectivity index (χ4n) is 3.53. The maximum absolute atomic E-state index is 3.48. The Kier molecular flexibility index (Phi) is 4.04. The summed E-state index contributed by atoms with van der Waals surface area (Å²) in [7, 11) is 2.03. The van der Waals surface area contributed by atoms with Crippen molar-refractivity contribution in [3.63, 3.8) is 0 Å². The van der Waals surface area contributed by atoms with Crippen LogP contribution >= 0.6 is 0 Å². The Bertz CT molecular complexity index is 466. The third-order valence-electron chi connectivity index (χ3n) is 5.09. The monoisotopic (exact) mass is 271 g/mol. The number of fused-ring (bicyclic) bond motifs is 1. The van der Waals surface area contributed by atoms with Crippen LogP contribution in [0.4, 0.5) is 0 Å². The molecule has 0 aromatic heterocycles. The molecule has 3 rings (SSSR count). The summed E-state index contributed by atoms with van der Waals surface area (Å²) < 4.78 is 0. The first-order chi connectivity index (χ1) is 9.70. The van der Waals surface area contributed by atoms with Crippen LogP contribution in [0.25, 0.3) is 0 Å². The second kappa shape index (κ2) is 5.78. The Morgan fingerprint density at radius 1 is 1.50 bits per heavy atom. The van der Waals surface area contributed by atoms with Gasteiger partial charge in [0.05, 0.1) is 0 Å². The van der Waals surface area contributed by atoms with Crippen LogP contribution in [-0.2, 0) is 0 Å². The summed E-state index contributed by atoms with van der Waals surface area (Å²) in [5.74, 6) is 1.32. The van der Waals surface area contributed by atoms with Gasteiger partial charge in [0.2, 0.25) is 0 Å². The molecule has 0 aromatic rings. The molecule has 0 saturated carbocycles. The maximum atomic E-state index is 3.48. The molecule has 2 aliphatic heterocycles. The van der Waals surface area contributed by atoms with E-state index in [0.29, 0.717) is 5.92 Å². The molecule has 1 aliphatic carbocycles. The maximum Gasteiger partial charge on any atom is 0.288 e. The second-order valence-corrected chi connectivity index (χ2v) is 6.37. The zero-order valence-corrected chi connectivity index (χ0v) is 12.9. The average Bonchev–Trinajstić information content (AvgIpc) is 2.41. The molecule has 0 radical (unpaired) electrons. The minimum absolute atomic E-state index is 0.559. The summed E-state index contributed by atoms with van der Waals surface area (Å²) in [5.41, 5.74) is 4.60. The molecule has 2 unspecified atom stereocenters. The van der Waals surface area contributed by atoms with Gasteiger partial charge < -0.3 is 15.4 Å². The molecule has 2 N–H and O–H groups in total. The molecule has 3 nitrogen and oxygen atoms in total. The van der Waals surface area contributed by atoms with Gasteiger partial charge in [-0.25, -0.2) is 0 Å². The standard InChI is InChI=1S/C16H26BN3/c1-12-4-6-14(20-10-16-17(20)11-19-16)7-5-13(2)15(12)8-9-18-3/h4,6-7,12,16,18-19H,5,8-11H2,1-3H3/b6-4-,14-7+,15-13-. The topological polar surface area (TPSA) is 27.3 Å². The van der Waals surface area contributed by atoms with Gasteiger partial charge in [0, 0.05) is 18.2 Å². The molecular weight excluding hydrogens is 245 g/mol. The fraction of sp³-hybridized carbons (Fsp3) is 0.625. The largest absolute Gasteiger partial charge is 0.412 e. The van der Waals surface area contributed by atoms with Crippen molar-refractivity contribution in [1.29, 1.82) is 0 Å². The van der Waals surface area contributed by atoms with E-state index in [2.05, 4.69) is 47.5 Å². The van der Waals surface area contributed by atoms with Crippen molar-refractivity contribution >= 4 is 6.85 Å². The normalized spacial score (nSPS) is 37.0. The van der Waals surface area contributed by atoms with E-state index in [9.17, 15) is 0 Å². The molecule has 0 bridgehead atoms. The Morgan fingerprint density at radius 3 is 2.95 bits per heavy atom. The summed E-state index contributed by atoms with van der Waals surface area (Å²) in [6.45, 7) is 7.65. The number of rotatable bonds is 4. The van der Waals surface area contributed by atoms with E-state index < -0.39 is 0 Å². The van der Waals surface area contributed by atoms with Crippen LogP contribution in [0.2, 0.25) is 0 Å². The third kappa shape index (κ3) is 2.47. The first-order valence-corrected chi connectivity index (χ1v) is 7.92. The molecular formula is C16H26BN3. The lowest BCUT2D eigenvalue weighted by Gasteiger charge is -2.55. The van der Waals surface area contributed by atoms with Gasteiger partial charge in [0.15, 0.2) is 0 Å². The predicted molar refractivity (Wildman–Crippen MR) is 86.5 cm³/mol. The zero-order chi connectivity index (χ0) is 14.1. The first kappa shape index (κ1) is 14.0. The van der Waals surface area contributed by atoms with Gasteiger partial charge in [-0.15, -0.1) is 0 Å².